The Kier molecular flexibility index (Phi) is 4.66. The van der Waals surface area contributed by atoms with Crippen molar-refractivity contribution in [3.63, 3.8) is 0 Å². The normalized spacial score (nSPS) is 17.5. The van der Waals surface area contributed by atoms with E-state index in [4.69, 9.17) is 15.7 Å². The number of anilines is 1. The molecule has 0 bridgehead atoms. The number of halogens is 1. The Bertz CT molecular complexity index is 473. The van der Waals surface area contributed by atoms with Crippen LogP contribution in [0, 0.1) is 0 Å². The van der Waals surface area contributed by atoms with E-state index < -0.39 is 0 Å². The molecule has 2 rings (SSSR count). The third-order valence-electron chi connectivity index (χ3n) is 3.46. The Balaban J connectivity index is 2.33. The summed E-state index contributed by atoms with van der Waals surface area (Å²) in [6.45, 7) is 1.56. The van der Waals surface area contributed by atoms with Gasteiger partial charge in [-0.25, -0.2) is 0 Å². The van der Waals surface area contributed by atoms with Gasteiger partial charge in [0, 0.05) is 42.0 Å². The fourth-order valence-corrected chi connectivity index (χ4v) is 2.69. The number of oxime groups is 1. The molecular weight excluding hydrogens is 310 g/mol. The van der Waals surface area contributed by atoms with Gasteiger partial charge in [0.2, 0.25) is 0 Å². The number of hydrogen-bond acceptors (Lipinski definition) is 4. The molecule has 3 N–H and O–H groups in total. The van der Waals surface area contributed by atoms with E-state index in [9.17, 15) is 0 Å². The second-order valence-corrected chi connectivity index (χ2v) is 5.52. The van der Waals surface area contributed by atoms with Crippen LogP contribution >= 0.6 is 15.9 Å². The Morgan fingerprint density at radius 3 is 2.79 bits per heavy atom. The predicted octanol–water partition coefficient (Wildman–Crippen LogP) is 2.16. The monoisotopic (exact) mass is 327 g/mol. The number of ether oxygens (including phenoxy) is 1. The van der Waals surface area contributed by atoms with Crippen LogP contribution in [0.25, 0.3) is 0 Å². The number of benzene rings is 1. The molecule has 104 valence electrons. The van der Waals surface area contributed by atoms with Gasteiger partial charge >= 0.3 is 0 Å². The summed E-state index contributed by atoms with van der Waals surface area (Å²) in [7, 11) is 2.03. The Morgan fingerprint density at radius 2 is 2.16 bits per heavy atom. The number of rotatable bonds is 3. The third-order valence-corrected chi connectivity index (χ3v) is 3.96. The van der Waals surface area contributed by atoms with E-state index in [1.165, 1.54) is 0 Å². The fourth-order valence-electron chi connectivity index (χ4n) is 2.34. The highest BCUT2D eigenvalue weighted by Gasteiger charge is 2.21. The van der Waals surface area contributed by atoms with Gasteiger partial charge in [-0.3, -0.25) is 0 Å². The van der Waals surface area contributed by atoms with Crippen LogP contribution in [-0.2, 0) is 4.74 Å². The Morgan fingerprint density at radius 1 is 1.47 bits per heavy atom. The highest BCUT2D eigenvalue weighted by atomic mass is 79.9. The molecule has 1 aromatic carbocycles. The Hall–Kier alpha value is -1.27. The molecule has 1 aliphatic heterocycles. The molecule has 0 aliphatic carbocycles. The minimum Gasteiger partial charge on any atom is -0.409 e. The number of nitrogens with zero attached hydrogens (tertiary/aromatic N) is 2. The summed E-state index contributed by atoms with van der Waals surface area (Å²) in [5, 5.41) is 12.0. The van der Waals surface area contributed by atoms with Crippen LogP contribution in [0.5, 0.6) is 0 Å². The molecule has 0 amide bonds. The first-order valence-electron chi connectivity index (χ1n) is 6.21. The molecule has 6 heteroatoms. The molecule has 1 heterocycles. The Labute approximate surface area is 121 Å². The summed E-state index contributed by atoms with van der Waals surface area (Å²) in [6.07, 6.45) is 1.97. The molecule has 0 saturated carbocycles. The maximum atomic E-state index is 8.89. The first kappa shape index (κ1) is 14.1. The second-order valence-electron chi connectivity index (χ2n) is 4.60. The lowest BCUT2D eigenvalue weighted by atomic mass is 10.0. The largest absolute Gasteiger partial charge is 0.409 e. The molecule has 19 heavy (non-hydrogen) atoms. The first-order valence-corrected chi connectivity index (χ1v) is 7.01. The first-order chi connectivity index (χ1) is 9.13. The van der Waals surface area contributed by atoms with Crippen molar-refractivity contribution in [2.45, 2.75) is 18.9 Å². The summed E-state index contributed by atoms with van der Waals surface area (Å²) < 4.78 is 6.35. The van der Waals surface area contributed by atoms with Crippen molar-refractivity contribution in [3.8, 4) is 0 Å². The van der Waals surface area contributed by atoms with Gasteiger partial charge in [0.15, 0.2) is 5.84 Å². The molecule has 1 aromatic rings. The molecule has 1 saturated heterocycles. The number of amidine groups is 1. The van der Waals surface area contributed by atoms with Gasteiger partial charge in [-0.2, -0.15) is 0 Å². The summed E-state index contributed by atoms with van der Waals surface area (Å²) in [5.74, 6) is 0.126. The van der Waals surface area contributed by atoms with Crippen LogP contribution in [0.1, 0.15) is 18.4 Å². The van der Waals surface area contributed by atoms with Crippen molar-refractivity contribution in [3.05, 3.63) is 28.2 Å². The van der Waals surface area contributed by atoms with E-state index in [-0.39, 0.29) is 5.84 Å². The smallest absolute Gasteiger partial charge is 0.172 e. The lowest BCUT2D eigenvalue weighted by Crippen LogP contribution is -2.37. The molecule has 0 radical (unpaired) electrons. The average molecular weight is 328 g/mol. The second kappa shape index (κ2) is 6.25. The van der Waals surface area contributed by atoms with Crippen molar-refractivity contribution < 1.29 is 9.94 Å². The van der Waals surface area contributed by atoms with Gasteiger partial charge in [-0.05, 0) is 31.0 Å². The van der Waals surface area contributed by atoms with E-state index >= 15 is 0 Å². The van der Waals surface area contributed by atoms with Crippen molar-refractivity contribution in [1.82, 2.24) is 0 Å². The molecule has 1 fully saturated rings. The highest BCUT2D eigenvalue weighted by molar-refractivity contribution is 9.10. The van der Waals surface area contributed by atoms with Crippen LogP contribution in [0.4, 0.5) is 5.69 Å². The van der Waals surface area contributed by atoms with Crippen molar-refractivity contribution in [1.29, 1.82) is 0 Å². The maximum Gasteiger partial charge on any atom is 0.172 e. The summed E-state index contributed by atoms with van der Waals surface area (Å²) in [4.78, 5) is 2.18. The minimum atomic E-state index is 0.126. The van der Waals surface area contributed by atoms with Crippen LogP contribution in [-0.4, -0.2) is 37.3 Å². The molecule has 5 nitrogen and oxygen atoms in total. The van der Waals surface area contributed by atoms with Crippen LogP contribution in [0.2, 0.25) is 0 Å². The van der Waals surface area contributed by atoms with Crippen LogP contribution in [0.3, 0.4) is 0 Å². The van der Waals surface area contributed by atoms with E-state index in [1.54, 1.807) is 0 Å². The molecular formula is C13H18BrN3O2. The van der Waals surface area contributed by atoms with Gasteiger partial charge in [0.25, 0.3) is 0 Å². The number of nitrogens with two attached hydrogens (primary N) is 1. The average Bonchev–Trinajstić information content (AvgIpc) is 2.46. The van der Waals surface area contributed by atoms with Gasteiger partial charge in [-0.1, -0.05) is 21.1 Å². The summed E-state index contributed by atoms with van der Waals surface area (Å²) in [5.41, 5.74) is 7.44. The van der Waals surface area contributed by atoms with E-state index in [2.05, 4.69) is 26.0 Å². The SMILES string of the molecule is CN(c1cc(Br)ccc1/C(N)=N/O)C1CCOCC1. The standard InChI is InChI=1S/C13H18BrN3O2/c1-17(10-4-6-19-7-5-10)12-8-9(14)2-3-11(12)13(15)16-18/h2-3,8,10,18H,4-7H2,1H3,(H2,15,16). The molecule has 1 aliphatic rings. The highest BCUT2D eigenvalue weighted by Crippen LogP contribution is 2.28. The van der Waals surface area contributed by atoms with Crippen LogP contribution in [0.15, 0.2) is 27.8 Å². The zero-order valence-corrected chi connectivity index (χ0v) is 12.4. The number of hydrogen-bond donors (Lipinski definition) is 2. The molecule has 0 spiro atoms. The van der Waals surface area contributed by atoms with E-state index in [1.807, 2.05) is 25.2 Å². The van der Waals surface area contributed by atoms with Crippen molar-refractivity contribution in [2.24, 2.45) is 10.9 Å². The maximum absolute atomic E-state index is 8.89. The quantitative estimate of drug-likeness (QED) is 0.386. The van der Waals surface area contributed by atoms with E-state index in [0.717, 1.165) is 41.8 Å². The predicted molar refractivity (Wildman–Crippen MR) is 78.9 cm³/mol. The topological polar surface area (TPSA) is 71.1 Å². The minimum absolute atomic E-state index is 0.126. The van der Waals surface area contributed by atoms with Gasteiger partial charge < -0.3 is 20.6 Å². The zero-order chi connectivity index (χ0) is 13.8. The summed E-state index contributed by atoms with van der Waals surface area (Å²) in [6, 6.07) is 6.13. The lowest BCUT2D eigenvalue weighted by molar-refractivity contribution is 0.0855. The van der Waals surface area contributed by atoms with Gasteiger partial charge in [0.1, 0.15) is 0 Å². The van der Waals surface area contributed by atoms with E-state index in [0.29, 0.717) is 6.04 Å². The lowest BCUT2D eigenvalue weighted by Gasteiger charge is -2.34. The van der Waals surface area contributed by atoms with Crippen molar-refractivity contribution >= 4 is 27.5 Å². The van der Waals surface area contributed by atoms with Crippen molar-refractivity contribution in [2.75, 3.05) is 25.2 Å². The molecule has 0 unspecified atom stereocenters. The zero-order valence-electron chi connectivity index (χ0n) is 10.8. The summed E-state index contributed by atoms with van der Waals surface area (Å²) >= 11 is 3.47. The van der Waals surface area contributed by atoms with Gasteiger partial charge in [-0.15, -0.1) is 0 Å². The fraction of sp³-hybridized carbons (Fsp3) is 0.462. The van der Waals surface area contributed by atoms with Gasteiger partial charge in [0.05, 0.1) is 0 Å². The molecule has 0 aromatic heterocycles. The van der Waals surface area contributed by atoms with Crippen LogP contribution < -0.4 is 10.6 Å². The molecule has 0 atom stereocenters. The third kappa shape index (κ3) is 3.19.